The quantitative estimate of drug-likeness (QED) is 0.679. The van der Waals surface area contributed by atoms with Gasteiger partial charge in [-0.3, -0.25) is 14.7 Å². The summed E-state index contributed by atoms with van der Waals surface area (Å²) in [6.07, 6.45) is 7.95. The first kappa shape index (κ1) is 17.3. The lowest BCUT2D eigenvalue weighted by atomic mass is 10.0. The highest BCUT2D eigenvalue weighted by molar-refractivity contribution is 5.56. The average molecular weight is 377 g/mol. The maximum absolute atomic E-state index is 12.2. The van der Waals surface area contributed by atoms with E-state index < -0.39 is 0 Å². The first-order valence-electron chi connectivity index (χ1n) is 9.93. The van der Waals surface area contributed by atoms with E-state index in [1.807, 2.05) is 12.1 Å². The number of aromatic nitrogens is 4. The molecule has 3 aromatic heterocycles. The molecule has 144 valence electrons. The Morgan fingerprint density at radius 1 is 1.07 bits per heavy atom. The number of fused-ring (bicyclic) bond motifs is 1. The molecule has 5 rings (SSSR count). The maximum Gasteiger partial charge on any atom is 0.266 e. The molecular weight excluding hydrogens is 354 g/mol. The van der Waals surface area contributed by atoms with Crippen molar-refractivity contribution < 1.29 is 4.42 Å². The normalized spacial score (nSPS) is 17.3. The van der Waals surface area contributed by atoms with Crippen molar-refractivity contribution in [3.8, 4) is 11.3 Å². The fraction of sp³-hybridized carbons (Fsp3) is 0.429. The number of hydrogen-bond acceptors (Lipinski definition) is 6. The first-order chi connectivity index (χ1) is 13.7. The summed E-state index contributed by atoms with van der Waals surface area (Å²) in [5.74, 6) is 2.34. The number of oxazole rings is 1. The zero-order valence-corrected chi connectivity index (χ0v) is 15.8. The molecule has 0 bridgehead atoms. The summed E-state index contributed by atoms with van der Waals surface area (Å²) in [5.41, 5.74) is 2.86. The third kappa shape index (κ3) is 3.49. The summed E-state index contributed by atoms with van der Waals surface area (Å²) in [7, 11) is 0. The predicted octanol–water partition coefficient (Wildman–Crippen LogP) is 2.30. The van der Waals surface area contributed by atoms with Crippen molar-refractivity contribution in [1.82, 2.24) is 24.6 Å². The summed E-state index contributed by atoms with van der Waals surface area (Å²) >= 11 is 0. The summed E-state index contributed by atoms with van der Waals surface area (Å²) in [5, 5.41) is 4.54. The molecule has 0 saturated carbocycles. The third-order valence-electron chi connectivity index (χ3n) is 5.56. The molecule has 0 N–H and O–H groups in total. The van der Waals surface area contributed by atoms with Gasteiger partial charge in [0.05, 0.1) is 24.5 Å². The van der Waals surface area contributed by atoms with Crippen LogP contribution in [0.2, 0.25) is 0 Å². The van der Waals surface area contributed by atoms with Crippen molar-refractivity contribution in [3.05, 3.63) is 64.4 Å². The number of hydrogen-bond donors (Lipinski definition) is 0. The molecule has 1 saturated heterocycles. The van der Waals surface area contributed by atoms with Crippen LogP contribution in [-0.2, 0) is 25.9 Å². The van der Waals surface area contributed by atoms with E-state index in [4.69, 9.17) is 4.42 Å². The van der Waals surface area contributed by atoms with Gasteiger partial charge < -0.3 is 4.42 Å². The number of rotatable bonds is 5. The van der Waals surface area contributed by atoms with Crippen LogP contribution >= 0.6 is 0 Å². The lowest BCUT2D eigenvalue weighted by Crippen LogP contribution is -2.48. The van der Waals surface area contributed by atoms with Crippen LogP contribution in [0.5, 0.6) is 0 Å². The van der Waals surface area contributed by atoms with Crippen LogP contribution in [0, 0.1) is 5.92 Å². The van der Waals surface area contributed by atoms with Crippen LogP contribution in [0.3, 0.4) is 0 Å². The Labute approximate surface area is 163 Å². The molecule has 1 aliphatic carbocycles. The van der Waals surface area contributed by atoms with Crippen LogP contribution < -0.4 is 5.56 Å². The minimum Gasteiger partial charge on any atom is -0.444 e. The Morgan fingerprint density at radius 3 is 2.71 bits per heavy atom. The second-order valence-corrected chi connectivity index (χ2v) is 7.72. The van der Waals surface area contributed by atoms with E-state index in [1.54, 1.807) is 29.2 Å². The van der Waals surface area contributed by atoms with Gasteiger partial charge >= 0.3 is 0 Å². The summed E-state index contributed by atoms with van der Waals surface area (Å²) in [6, 6.07) is 7.17. The van der Waals surface area contributed by atoms with Crippen molar-refractivity contribution in [2.75, 3.05) is 13.1 Å². The SMILES string of the molecule is O=c1ccc(-c2ccncc2)nn1CC1CN(Cc2nc3c(o2)CCCC3)C1. The monoisotopic (exact) mass is 377 g/mol. The second kappa shape index (κ2) is 7.31. The number of pyridine rings is 1. The van der Waals surface area contributed by atoms with Crippen molar-refractivity contribution in [3.63, 3.8) is 0 Å². The Morgan fingerprint density at radius 2 is 1.89 bits per heavy atom. The van der Waals surface area contributed by atoms with Crippen LogP contribution in [-0.4, -0.2) is 37.7 Å². The molecule has 1 fully saturated rings. The minimum absolute atomic E-state index is 0.0587. The smallest absolute Gasteiger partial charge is 0.266 e. The van der Waals surface area contributed by atoms with Crippen LogP contribution in [0.15, 0.2) is 45.9 Å². The van der Waals surface area contributed by atoms with Crippen LogP contribution in [0.25, 0.3) is 11.3 Å². The molecule has 1 aliphatic heterocycles. The van der Waals surface area contributed by atoms with Gasteiger partial charge in [-0.25, -0.2) is 9.67 Å². The number of nitrogens with zero attached hydrogens (tertiary/aromatic N) is 5. The highest BCUT2D eigenvalue weighted by Gasteiger charge is 2.29. The fourth-order valence-corrected chi connectivity index (χ4v) is 4.09. The first-order valence-corrected chi connectivity index (χ1v) is 9.93. The van der Waals surface area contributed by atoms with E-state index >= 15 is 0 Å². The van der Waals surface area contributed by atoms with Gasteiger partial charge in [0.15, 0.2) is 0 Å². The van der Waals surface area contributed by atoms with E-state index in [1.165, 1.54) is 12.8 Å². The van der Waals surface area contributed by atoms with Crippen LogP contribution in [0.1, 0.15) is 30.2 Å². The molecule has 0 unspecified atom stereocenters. The molecule has 28 heavy (non-hydrogen) atoms. The maximum atomic E-state index is 12.2. The van der Waals surface area contributed by atoms with Crippen molar-refractivity contribution in [2.24, 2.45) is 5.92 Å². The molecule has 2 aliphatic rings. The van der Waals surface area contributed by atoms with Crippen molar-refractivity contribution >= 4 is 0 Å². The van der Waals surface area contributed by atoms with Gasteiger partial charge in [0.25, 0.3) is 5.56 Å². The Kier molecular flexibility index (Phi) is 4.52. The molecule has 3 aromatic rings. The highest BCUT2D eigenvalue weighted by Crippen LogP contribution is 2.25. The van der Waals surface area contributed by atoms with Gasteiger partial charge in [-0.15, -0.1) is 0 Å². The molecule has 0 spiro atoms. The topological polar surface area (TPSA) is 77.1 Å². The Balaban J connectivity index is 1.21. The summed E-state index contributed by atoms with van der Waals surface area (Å²) < 4.78 is 7.51. The van der Waals surface area contributed by atoms with E-state index in [9.17, 15) is 4.79 Å². The van der Waals surface area contributed by atoms with Gasteiger partial charge in [-0.1, -0.05) is 0 Å². The van der Waals surface area contributed by atoms with E-state index in [0.717, 1.165) is 61.1 Å². The molecule has 0 radical (unpaired) electrons. The van der Waals surface area contributed by atoms with Gasteiger partial charge in [0.1, 0.15) is 5.76 Å². The Bertz CT molecular complexity index is 997. The highest BCUT2D eigenvalue weighted by atomic mass is 16.4. The van der Waals surface area contributed by atoms with Gasteiger partial charge in [-0.05, 0) is 37.5 Å². The molecule has 0 amide bonds. The van der Waals surface area contributed by atoms with Crippen LogP contribution in [0.4, 0.5) is 0 Å². The zero-order valence-electron chi connectivity index (χ0n) is 15.8. The van der Waals surface area contributed by atoms with E-state index in [0.29, 0.717) is 12.5 Å². The van der Waals surface area contributed by atoms with Gasteiger partial charge in [-0.2, -0.15) is 5.10 Å². The molecule has 0 atom stereocenters. The predicted molar refractivity (Wildman–Crippen MR) is 104 cm³/mol. The van der Waals surface area contributed by atoms with Gasteiger partial charge in [0, 0.05) is 49.5 Å². The standard InChI is InChI=1S/C21H23N5O2/c27-21-6-5-17(16-7-9-22-10-8-16)24-26(21)13-15-11-25(12-15)14-20-23-18-3-1-2-4-19(18)28-20/h5-10,15H,1-4,11-14H2. The molecule has 0 aromatic carbocycles. The van der Waals surface area contributed by atoms with Crippen molar-refractivity contribution in [1.29, 1.82) is 0 Å². The van der Waals surface area contributed by atoms with E-state index in [-0.39, 0.29) is 5.56 Å². The number of aryl methyl sites for hydroxylation is 2. The van der Waals surface area contributed by atoms with E-state index in [2.05, 4.69) is 20.0 Å². The molecule has 7 heteroatoms. The molecular formula is C21H23N5O2. The summed E-state index contributed by atoms with van der Waals surface area (Å²) in [4.78, 5) is 23.2. The second-order valence-electron chi connectivity index (χ2n) is 7.72. The largest absolute Gasteiger partial charge is 0.444 e. The number of likely N-dealkylation sites (tertiary alicyclic amines) is 1. The van der Waals surface area contributed by atoms with Crippen molar-refractivity contribution in [2.45, 2.75) is 38.8 Å². The summed E-state index contributed by atoms with van der Waals surface area (Å²) in [6.45, 7) is 3.25. The lowest BCUT2D eigenvalue weighted by molar-refractivity contribution is 0.0677. The zero-order chi connectivity index (χ0) is 18.9. The fourth-order valence-electron chi connectivity index (χ4n) is 4.09. The third-order valence-corrected chi connectivity index (χ3v) is 5.56. The minimum atomic E-state index is -0.0587. The Hall–Kier alpha value is -2.80. The average Bonchev–Trinajstić information content (AvgIpc) is 3.11. The lowest BCUT2D eigenvalue weighted by Gasteiger charge is -2.38. The van der Waals surface area contributed by atoms with Gasteiger partial charge in [0.2, 0.25) is 5.89 Å². The molecule has 4 heterocycles. The molecule has 7 nitrogen and oxygen atoms in total.